The number of likely N-dealkylation sites (tertiary alicyclic amines) is 1. The second-order valence-electron chi connectivity index (χ2n) is 8.02. The summed E-state index contributed by atoms with van der Waals surface area (Å²) in [4.78, 5) is 4.92. The van der Waals surface area contributed by atoms with Gasteiger partial charge in [-0.1, -0.05) is 36.4 Å². The Labute approximate surface area is 152 Å². The van der Waals surface area contributed by atoms with Gasteiger partial charge in [-0.3, -0.25) is 0 Å². The van der Waals surface area contributed by atoms with Crippen molar-refractivity contribution in [3.63, 3.8) is 0 Å². The summed E-state index contributed by atoms with van der Waals surface area (Å²) in [7, 11) is 4.27. The molecule has 2 aromatic rings. The summed E-state index contributed by atoms with van der Waals surface area (Å²) in [6, 6.07) is 18.2. The van der Waals surface area contributed by atoms with Gasteiger partial charge in [0.1, 0.15) is 0 Å². The van der Waals surface area contributed by atoms with Crippen molar-refractivity contribution >= 4 is 5.69 Å². The van der Waals surface area contributed by atoms with E-state index in [0.29, 0.717) is 0 Å². The van der Waals surface area contributed by atoms with E-state index in [2.05, 4.69) is 72.4 Å². The first kappa shape index (κ1) is 16.7. The van der Waals surface area contributed by atoms with Crippen LogP contribution in [0.4, 0.5) is 5.69 Å². The molecule has 1 aliphatic carbocycles. The first-order valence-corrected chi connectivity index (χ1v) is 9.78. The Morgan fingerprint density at radius 1 is 1.04 bits per heavy atom. The van der Waals surface area contributed by atoms with E-state index >= 15 is 0 Å². The first-order chi connectivity index (χ1) is 12.2. The van der Waals surface area contributed by atoms with E-state index in [9.17, 15) is 0 Å². The average Bonchev–Trinajstić information content (AvgIpc) is 3.11. The number of aryl methyl sites for hydroxylation is 1. The van der Waals surface area contributed by atoms with E-state index in [4.69, 9.17) is 0 Å². The molecule has 2 unspecified atom stereocenters. The SMILES string of the molecule is CN(C)c1ccc2c(c1)CCCC2CN1CCC(c2ccccc2)C1. The largest absolute Gasteiger partial charge is 0.378 e. The number of benzene rings is 2. The minimum atomic E-state index is 0.717. The van der Waals surface area contributed by atoms with Crippen LogP contribution >= 0.6 is 0 Å². The highest BCUT2D eigenvalue weighted by atomic mass is 15.1. The van der Waals surface area contributed by atoms with E-state index in [0.717, 1.165) is 11.8 Å². The van der Waals surface area contributed by atoms with Gasteiger partial charge in [0, 0.05) is 32.9 Å². The number of anilines is 1. The van der Waals surface area contributed by atoms with E-state index in [-0.39, 0.29) is 0 Å². The third-order valence-corrected chi connectivity index (χ3v) is 6.10. The Kier molecular flexibility index (Phi) is 4.80. The molecule has 1 heterocycles. The molecule has 0 spiro atoms. The second kappa shape index (κ2) is 7.21. The minimum absolute atomic E-state index is 0.717. The molecule has 2 heteroatoms. The summed E-state index contributed by atoms with van der Waals surface area (Å²) >= 11 is 0. The third-order valence-electron chi connectivity index (χ3n) is 6.10. The molecular weight excluding hydrogens is 304 g/mol. The van der Waals surface area contributed by atoms with E-state index < -0.39 is 0 Å². The smallest absolute Gasteiger partial charge is 0.0363 e. The molecule has 2 aliphatic rings. The van der Waals surface area contributed by atoms with Crippen molar-refractivity contribution in [1.29, 1.82) is 0 Å². The lowest BCUT2D eigenvalue weighted by Crippen LogP contribution is -2.28. The molecule has 0 amide bonds. The Bertz CT molecular complexity index is 707. The highest BCUT2D eigenvalue weighted by Crippen LogP contribution is 2.36. The van der Waals surface area contributed by atoms with Gasteiger partial charge < -0.3 is 9.80 Å². The van der Waals surface area contributed by atoms with Crippen LogP contribution in [0.25, 0.3) is 0 Å². The molecular formula is C23H30N2. The summed E-state index contributed by atoms with van der Waals surface area (Å²) < 4.78 is 0. The predicted octanol–water partition coefficient (Wildman–Crippen LogP) is 4.66. The fraction of sp³-hybridized carbons (Fsp3) is 0.478. The molecule has 1 aliphatic heterocycles. The Morgan fingerprint density at radius 3 is 2.68 bits per heavy atom. The third kappa shape index (κ3) is 3.59. The number of hydrogen-bond donors (Lipinski definition) is 0. The quantitative estimate of drug-likeness (QED) is 0.802. The highest BCUT2D eigenvalue weighted by molar-refractivity contribution is 5.51. The van der Waals surface area contributed by atoms with E-state index in [1.165, 1.54) is 56.6 Å². The molecule has 2 aromatic carbocycles. The van der Waals surface area contributed by atoms with Crippen LogP contribution in [-0.2, 0) is 6.42 Å². The fourth-order valence-corrected chi connectivity index (χ4v) is 4.68. The van der Waals surface area contributed by atoms with Crippen LogP contribution in [0.15, 0.2) is 48.5 Å². The zero-order valence-corrected chi connectivity index (χ0v) is 15.6. The van der Waals surface area contributed by atoms with Crippen LogP contribution in [0.5, 0.6) is 0 Å². The van der Waals surface area contributed by atoms with Crippen molar-refractivity contribution in [3.8, 4) is 0 Å². The topological polar surface area (TPSA) is 6.48 Å². The van der Waals surface area contributed by atoms with Crippen LogP contribution in [-0.4, -0.2) is 38.6 Å². The van der Waals surface area contributed by atoms with Gasteiger partial charge in [0.25, 0.3) is 0 Å². The van der Waals surface area contributed by atoms with Crippen LogP contribution in [0.3, 0.4) is 0 Å². The average molecular weight is 335 g/mol. The molecule has 0 radical (unpaired) electrons. The maximum Gasteiger partial charge on any atom is 0.0363 e. The maximum atomic E-state index is 2.71. The number of nitrogens with zero attached hydrogens (tertiary/aromatic N) is 2. The fourth-order valence-electron chi connectivity index (χ4n) is 4.68. The Morgan fingerprint density at radius 2 is 1.88 bits per heavy atom. The summed E-state index contributed by atoms with van der Waals surface area (Å²) in [5, 5.41) is 0. The van der Waals surface area contributed by atoms with Gasteiger partial charge in [0.05, 0.1) is 0 Å². The van der Waals surface area contributed by atoms with Gasteiger partial charge in [-0.2, -0.15) is 0 Å². The second-order valence-corrected chi connectivity index (χ2v) is 8.02. The summed E-state index contributed by atoms with van der Waals surface area (Å²) in [5.41, 5.74) is 6.05. The monoisotopic (exact) mass is 334 g/mol. The van der Waals surface area contributed by atoms with Crippen molar-refractivity contribution in [2.24, 2.45) is 0 Å². The van der Waals surface area contributed by atoms with Crippen molar-refractivity contribution in [3.05, 3.63) is 65.2 Å². The predicted molar refractivity (Wildman–Crippen MR) is 107 cm³/mol. The Hall–Kier alpha value is -1.80. The van der Waals surface area contributed by atoms with Gasteiger partial charge in [-0.15, -0.1) is 0 Å². The molecule has 25 heavy (non-hydrogen) atoms. The van der Waals surface area contributed by atoms with Gasteiger partial charge in [0.15, 0.2) is 0 Å². The minimum Gasteiger partial charge on any atom is -0.378 e. The molecule has 4 rings (SSSR count). The zero-order chi connectivity index (χ0) is 17.2. The number of hydrogen-bond acceptors (Lipinski definition) is 2. The maximum absolute atomic E-state index is 2.71. The highest BCUT2D eigenvalue weighted by Gasteiger charge is 2.28. The summed E-state index contributed by atoms with van der Waals surface area (Å²) in [6.45, 7) is 3.71. The van der Waals surface area contributed by atoms with Crippen molar-refractivity contribution in [2.75, 3.05) is 38.6 Å². The van der Waals surface area contributed by atoms with Crippen LogP contribution in [0, 0.1) is 0 Å². The van der Waals surface area contributed by atoms with Gasteiger partial charge in [-0.05, 0) is 72.9 Å². The van der Waals surface area contributed by atoms with Gasteiger partial charge in [0.2, 0.25) is 0 Å². The summed E-state index contributed by atoms with van der Waals surface area (Å²) in [5.74, 6) is 1.44. The van der Waals surface area contributed by atoms with Crippen LogP contribution in [0.2, 0.25) is 0 Å². The normalized spacial score (nSPS) is 23.4. The lowest BCUT2D eigenvalue weighted by atomic mass is 9.82. The van der Waals surface area contributed by atoms with Gasteiger partial charge in [-0.25, -0.2) is 0 Å². The van der Waals surface area contributed by atoms with Crippen molar-refractivity contribution in [2.45, 2.75) is 37.5 Å². The summed E-state index contributed by atoms with van der Waals surface area (Å²) in [6.07, 6.45) is 5.24. The molecule has 0 bridgehead atoms. The first-order valence-electron chi connectivity index (χ1n) is 9.78. The molecule has 132 valence electrons. The molecule has 1 saturated heterocycles. The lowest BCUT2D eigenvalue weighted by molar-refractivity contribution is 0.297. The molecule has 0 aromatic heterocycles. The van der Waals surface area contributed by atoms with Crippen molar-refractivity contribution in [1.82, 2.24) is 4.90 Å². The number of rotatable bonds is 4. The molecule has 0 saturated carbocycles. The van der Waals surface area contributed by atoms with E-state index in [1.807, 2.05) is 0 Å². The Balaban J connectivity index is 1.44. The molecule has 2 nitrogen and oxygen atoms in total. The standard InChI is InChI=1S/C23H30N2/c1-24(2)22-11-12-23-19(15-22)9-6-10-21(23)17-25-14-13-20(16-25)18-7-4-3-5-8-18/h3-5,7-8,11-12,15,20-21H,6,9-10,13-14,16-17H2,1-2H3. The van der Waals surface area contributed by atoms with Crippen LogP contribution in [0.1, 0.15) is 47.8 Å². The molecule has 1 fully saturated rings. The lowest BCUT2D eigenvalue weighted by Gasteiger charge is -2.30. The molecule has 2 atom stereocenters. The van der Waals surface area contributed by atoms with E-state index in [1.54, 1.807) is 11.1 Å². The van der Waals surface area contributed by atoms with Gasteiger partial charge >= 0.3 is 0 Å². The van der Waals surface area contributed by atoms with Crippen molar-refractivity contribution < 1.29 is 0 Å². The zero-order valence-electron chi connectivity index (χ0n) is 15.6. The molecule has 0 N–H and O–H groups in total. The van der Waals surface area contributed by atoms with Crippen LogP contribution < -0.4 is 4.90 Å². The number of fused-ring (bicyclic) bond motifs is 1.